The number of rotatable bonds is 3. The van der Waals surface area contributed by atoms with Gasteiger partial charge in [-0.15, -0.1) is 0 Å². The topological polar surface area (TPSA) is 48.0 Å². The summed E-state index contributed by atoms with van der Waals surface area (Å²) in [6.45, 7) is 2.41. The van der Waals surface area contributed by atoms with E-state index in [-0.39, 0.29) is 12.1 Å². The largest absolute Gasteiger partial charge is 0.326 e. The van der Waals surface area contributed by atoms with Gasteiger partial charge in [-0.1, -0.05) is 37.3 Å². The summed E-state index contributed by atoms with van der Waals surface area (Å²) >= 11 is 0. The van der Waals surface area contributed by atoms with Crippen molar-refractivity contribution in [3.8, 4) is 11.3 Å². The number of pyridine rings is 1. The van der Waals surface area contributed by atoms with E-state index in [1.54, 1.807) is 11.6 Å². The third kappa shape index (κ3) is 2.22. The van der Waals surface area contributed by atoms with Gasteiger partial charge in [0.2, 0.25) is 0 Å². The first kappa shape index (κ1) is 12.6. The van der Waals surface area contributed by atoms with Gasteiger partial charge in [0.05, 0.1) is 5.69 Å². The molecule has 1 aromatic heterocycles. The first-order valence-corrected chi connectivity index (χ1v) is 6.15. The van der Waals surface area contributed by atoms with Crippen LogP contribution in [-0.4, -0.2) is 4.57 Å². The predicted octanol–water partition coefficient (Wildman–Crippen LogP) is 2.07. The molecule has 2 N–H and O–H groups in total. The Kier molecular flexibility index (Phi) is 3.63. The van der Waals surface area contributed by atoms with E-state index in [2.05, 4.69) is 31.2 Å². The van der Waals surface area contributed by atoms with Gasteiger partial charge in [0, 0.05) is 19.2 Å². The average Bonchev–Trinajstić information content (AvgIpc) is 2.42. The molecule has 0 bridgehead atoms. The Labute approximate surface area is 107 Å². The van der Waals surface area contributed by atoms with Crippen molar-refractivity contribution < 1.29 is 0 Å². The fraction of sp³-hybridized carbons (Fsp3) is 0.267. The van der Waals surface area contributed by atoms with Gasteiger partial charge in [0.25, 0.3) is 5.56 Å². The predicted molar refractivity (Wildman–Crippen MR) is 74.4 cm³/mol. The van der Waals surface area contributed by atoms with Gasteiger partial charge in [-0.3, -0.25) is 4.79 Å². The molecule has 1 aromatic carbocycles. The zero-order valence-corrected chi connectivity index (χ0v) is 10.8. The molecule has 0 saturated heterocycles. The quantitative estimate of drug-likeness (QED) is 0.895. The first-order chi connectivity index (χ1) is 8.67. The molecule has 0 aliphatic carbocycles. The van der Waals surface area contributed by atoms with Crippen LogP contribution in [0.4, 0.5) is 0 Å². The van der Waals surface area contributed by atoms with Crippen LogP contribution in [0.1, 0.15) is 18.1 Å². The molecule has 94 valence electrons. The second kappa shape index (κ2) is 5.19. The van der Waals surface area contributed by atoms with Crippen molar-refractivity contribution in [3.05, 3.63) is 57.9 Å². The maximum Gasteiger partial charge on any atom is 0.255 e. The molecule has 0 fully saturated rings. The van der Waals surface area contributed by atoms with Gasteiger partial charge in [-0.2, -0.15) is 0 Å². The van der Waals surface area contributed by atoms with Gasteiger partial charge in [-0.05, 0) is 23.6 Å². The summed E-state index contributed by atoms with van der Waals surface area (Å²) in [5.41, 5.74) is 9.42. The third-order valence-corrected chi connectivity index (χ3v) is 3.26. The van der Waals surface area contributed by atoms with Crippen molar-refractivity contribution in [2.45, 2.75) is 19.9 Å². The molecule has 1 heterocycles. The molecule has 0 spiro atoms. The lowest BCUT2D eigenvalue weighted by atomic mass is 10.1. The van der Waals surface area contributed by atoms with Crippen molar-refractivity contribution in [3.63, 3.8) is 0 Å². The van der Waals surface area contributed by atoms with Crippen LogP contribution in [0.3, 0.4) is 0 Å². The Bertz CT molecular complexity index is 597. The highest BCUT2D eigenvalue weighted by Crippen LogP contribution is 2.18. The van der Waals surface area contributed by atoms with Crippen LogP contribution in [0.5, 0.6) is 0 Å². The molecule has 3 nitrogen and oxygen atoms in total. The van der Waals surface area contributed by atoms with E-state index < -0.39 is 0 Å². The van der Waals surface area contributed by atoms with Crippen molar-refractivity contribution >= 4 is 0 Å². The van der Waals surface area contributed by atoms with Crippen LogP contribution in [0.15, 0.2) is 41.2 Å². The zero-order valence-electron chi connectivity index (χ0n) is 10.8. The molecule has 18 heavy (non-hydrogen) atoms. The smallest absolute Gasteiger partial charge is 0.255 e. The van der Waals surface area contributed by atoms with E-state index in [0.717, 1.165) is 17.7 Å². The highest BCUT2D eigenvalue weighted by Gasteiger charge is 2.06. The molecule has 0 unspecified atom stereocenters. The summed E-state index contributed by atoms with van der Waals surface area (Å²) in [4.78, 5) is 12.0. The van der Waals surface area contributed by atoms with Gasteiger partial charge in [-0.25, -0.2) is 0 Å². The fourth-order valence-electron chi connectivity index (χ4n) is 2.04. The summed E-state index contributed by atoms with van der Waals surface area (Å²) in [7, 11) is 1.78. The van der Waals surface area contributed by atoms with E-state index in [1.807, 2.05) is 12.1 Å². The highest BCUT2D eigenvalue weighted by atomic mass is 16.1. The summed E-state index contributed by atoms with van der Waals surface area (Å²) in [5, 5.41) is 0. The molecule has 2 rings (SSSR count). The lowest BCUT2D eigenvalue weighted by Gasteiger charge is -2.10. The summed E-state index contributed by atoms with van der Waals surface area (Å²) in [6.07, 6.45) is 1.02. The average molecular weight is 242 g/mol. The Morgan fingerprint density at radius 3 is 2.33 bits per heavy atom. The van der Waals surface area contributed by atoms with E-state index in [0.29, 0.717) is 5.56 Å². The number of aryl methyl sites for hydroxylation is 1. The molecular weight excluding hydrogens is 224 g/mol. The van der Waals surface area contributed by atoms with Crippen molar-refractivity contribution in [1.82, 2.24) is 4.57 Å². The second-order valence-electron chi connectivity index (χ2n) is 4.36. The van der Waals surface area contributed by atoms with Gasteiger partial charge in [0.1, 0.15) is 0 Å². The molecule has 0 aliphatic heterocycles. The molecular formula is C15H18N2O. The zero-order chi connectivity index (χ0) is 13.1. The van der Waals surface area contributed by atoms with E-state index >= 15 is 0 Å². The highest BCUT2D eigenvalue weighted by molar-refractivity contribution is 5.60. The number of nitrogens with zero attached hydrogens (tertiary/aromatic N) is 1. The summed E-state index contributed by atoms with van der Waals surface area (Å²) < 4.78 is 1.66. The number of nitrogens with two attached hydrogens (primary N) is 1. The maximum atomic E-state index is 12.0. The first-order valence-electron chi connectivity index (χ1n) is 6.15. The van der Waals surface area contributed by atoms with Crippen LogP contribution in [0, 0.1) is 0 Å². The summed E-state index contributed by atoms with van der Waals surface area (Å²) in [6, 6.07) is 12.1. The minimum absolute atomic E-state index is 0.0189. The van der Waals surface area contributed by atoms with E-state index in [9.17, 15) is 4.79 Å². The minimum Gasteiger partial charge on any atom is -0.326 e. The number of hydrogen-bond acceptors (Lipinski definition) is 2. The molecule has 0 saturated carbocycles. The summed E-state index contributed by atoms with van der Waals surface area (Å²) in [5.74, 6) is 0. The van der Waals surface area contributed by atoms with Crippen LogP contribution in [0.2, 0.25) is 0 Å². The molecule has 0 aliphatic rings. The minimum atomic E-state index is -0.0189. The molecule has 2 aromatic rings. The van der Waals surface area contributed by atoms with Crippen LogP contribution in [0.25, 0.3) is 11.3 Å². The maximum absolute atomic E-state index is 12.0. The van der Waals surface area contributed by atoms with Crippen LogP contribution < -0.4 is 11.3 Å². The van der Waals surface area contributed by atoms with E-state index in [4.69, 9.17) is 5.73 Å². The Morgan fingerprint density at radius 2 is 1.78 bits per heavy atom. The Balaban J connectivity index is 2.50. The van der Waals surface area contributed by atoms with Gasteiger partial charge < -0.3 is 10.3 Å². The SMILES string of the molecule is CCc1ccc(-c2ccc(CN)c(=O)n2C)cc1. The van der Waals surface area contributed by atoms with Crippen molar-refractivity contribution in [2.75, 3.05) is 0 Å². The molecule has 0 atom stereocenters. The molecule has 0 radical (unpaired) electrons. The fourth-order valence-corrected chi connectivity index (χ4v) is 2.04. The number of aromatic nitrogens is 1. The lowest BCUT2D eigenvalue weighted by molar-refractivity contribution is 0.839. The van der Waals surface area contributed by atoms with Crippen molar-refractivity contribution in [1.29, 1.82) is 0 Å². The monoisotopic (exact) mass is 242 g/mol. The van der Waals surface area contributed by atoms with Gasteiger partial charge >= 0.3 is 0 Å². The Hall–Kier alpha value is -1.87. The Morgan fingerprint density at radius 1 is 1.11 bits per heavy atom. The number of hydrogen-bond donors (Lipinski definition) is 1. The number of benzene rings is 1. The lowest BCUT2D eigenvalue weighted by Crippen LogP contribution is -2.23. The van der Waals surface area contributed by atoms with Crippen LogP contribution in [-0.2, 0) is 20.0 Å². The van der Waals surface area contributed by atoms with Gasteiger partial charge in [0.15, 0.2) is 0 Å². The molecule has 0 amide bonds. The third-order valence-electron chi connectivity index (χ3n) is 3.26. The normalized spacial score (nSPS) is 10.6. The van der Waals surface area contributed by atoms with Crippen LogP contribution >= 0.6 is 0 Å². The standard InChI is InChI=1S/C15H18N2O/c1-3-11-4-6-12(7-5-11)14-9-8-13(10-16)15(18)17(14)2/h4-9H,3,10,16H2,1-2H3. The van der Waals surface area contributed by atoms with Crippen molar-refractivity contribution in [2.24, 2.45) is 12.8 Å². The molecule has 3 heteroatoms. The second-order valence-corrected chi connectivity index (χ2v) is 4.36. The van der Waals surface area contributed by atoms with E-state index in [1.165, 1.54) is 5.56 Å².